The fourth-order valence-corrected chi connectivity index (χ4v) is 2.28. The second-order valence-corrected chi connectivity index (χ2v) is 5.05. The van der Waals surface area contributed by atoms with E-state index in [0.29, 0.717) is 24.5 Å². The molecule has 0 spiro atoms. The van der Waals surface area contributed by atoms with E-state index in [2.05, 4.69) is 0 Å². The second kappa shape index (κ2) is 7.23. The van der Waals surface area contributed by atoms with Crippen LogP contribution < -0.4 is 0 Å². The molecule has 0 radical (unpaired) electrons. The van der Waals surface area contributed by atoms with Crippen LogP contribution in [0.2, 0.25) is 0 Å². The van der Waals surface area contributed by atoms with Gasteiger partial charge in [0.05, 0.1) is 0 Å². The largest absolute Gasteiger partial charge is 0.335 e. The summed E-state index contributed by atoms with van der Waals surface area (Å²) in [5, 5.41) is 0. The first kappa shape index (κ1) is 15.5. The highest BCUT2D eigenvalue weighted by Gasteiger charge is 2.14. The number of benzene rings is 2. The number of amides is 1. The van der Waals surface area contributed by atoms with Crippen LogP contribution in [0.25, 0.3) is 0 Å². The number of carbonyl (C=O) groups is 1. The molecule has 4 heteroatoms. The first-order valence-corrected chi connectivity index (χ1v) is 7.36. The van der Waals surface area contributed by atoms with Crippen LogP contribution in [0.15, 0.2) is 48.5 Å². The average Bonchev–Trinajstić information content (AvgIpc) is 2.52. The van der Waals surface area contributed by atoms with Gasteiger partial charge in [0, 0.05) is 24.5 Å². The summed E-state index contributed by atoms with van der Waals surface area (Å²) in [5.74, 6) is 0.0697. The number of hydrogen-bond acceptors (Lipinski definition) is 1. The molecule has 1 amide bonds. The van der Waals surface area contributed by atoms with Crippen LogP contribution in [0, 0.1) is 5.82 Å². The zero-order chi connectivity index (χ0) is 15.2. The summed E-state index contributed by atoms with van der Waals surface area (Å²) in [5.41, 5.74) is 2.37. The Labute approximate surface area is 129 Å². The van der Waals surface area contributed by atoms with Gasteiger partial charge >= 0.3 is 0 Å². The fraction of sp³-hybridized carbons (Fsp3) is 0.235. The predicted octanol–water partition coefficient (Wildman–Crippen LogP) is 4.23. The molecule has 110 valence electrons. The van der Waals surface area contributed by atoms with Crippen LogP contribution in [0.3, 0.4) is 0 Å². The van der Waals surface area contributed by atoms with Crippen LogP contribution in [-0.4, -0.2) is 17.4 Å². The third-order valence-electron chi connectivity index (χ3n) is 3.29. The minimum atomic E-state index is -0.289. The second-order valence-electron chi connectivity index (χ2n) is 4.78. The normalized spacial score (nSPS) is 10.4. The standard InChI is InChI=1S/C17H17ClFNO/c1-2-20(12-14-4-3-5-16(19)10-14)17(21)15-8-6-13(11-18)7-9-15/h3-10H,2,11-12H2,1H3. The highest BCUT2D eigenvalue weighted by atomic mass is 35.5. The first-order chi connectivity index (χ1) is 10.1. The lowest BCUT2D eigenvalue weighted by atomic mass is 10.1. The number of hydrogen-bond donors (Lipinski definition) is 0. The van der Waals surface area contributed by atoms with E-state index in [-0.39, 0.29) is 11.7 Å². The molecule has 2 rings (SSSR count). The van der Waals surface area contributed by atoms with E-state index in [9.17, 15) is 9.18 Å². The van der Waals surface area contributed by atoms with Crippen molar-refractivity contribution in [3.8, 4) is 0 Å². The van der Waals surface area contributed by atoms with E-state index in [0.717, 1.165) is 11.1 Å². The average molecular weight is 306 g/mol. The van der Waals surface area contributed by atoms with Gasteiger partial charge in [0.2, 0.25) is 0 Å². The van der Waals surface area contributed by atoms with Gasteiger partial charge in [-0.15, -0.1) is 11.6 Å². The maximum absolute atomic E-state index is 13.2. The third kappa shape index (κ3) is 4.05. The van der Waals surface area contributed by atoms with Crippen molar-refractivity contribution in [3.63, 3.8) is 0 Å². The van der Waals surface area contributed by atoms with Crippen molar-refractivity contribution in [2.24, 2.45) is 0 Å². The highest BCUT2D eigenvalue weighted by molar-refractivity contribution is 6.17. The molecule has 0 saturated heterocycles. The Morgan fingerprint density at radius 1 is 1.14 bits per heavy atom. The van der Waals surface area contributed by atoms with Gasteiger partial charge in [-0.3, -0.25) is 4.79 Å². The van der Waals surface area contributed by atoms with Gasteiger partial charge in [0.15, 0.2) is 0 Å². The molecule has 0 heterocycles. The molecule has 0 atom stereocenters. The highest BCUT2D eigenvalue weighted by Crippen LogP contribution is 2.13. The summed E-state index contributed by atoms with van der Waals surface area (Å²) in [7, 11) is 0. The molecular formula is C17H17ClFNO. The smallest absolute Gasteiger partial charge is 0.254 e. The van der Waals surface area contributed by atoms with E-state index in [1.54, 1.807) is 23.1 Å². The molecule has 0 unspecified atom stereocenters. The Kier molecular flexibility index (Phi) is 5.34. The Bertz CT molecular complexity index is 612. The minimum absolute atomic E-state index is 0.0668. The first-order valence-electron chi connectivity index (χ1n) is 6.82. The predicted molar refractivity (Wildman–Crippen MR) is 82.8 cm³/mol. The topological polar surface area (TPSA) is 20.3 Å². The van der Waals surface area contributed by atoms with Crippen molar-refractivity contribution in [1.82, 2.24) is 4.90 Å². The molecule has 21 heavy (non-hydrogen) atoms. The van der Waals surface area contributed by atoms with Crippen molar-refractivity contribution in [2.75, 3.05) is 6.54 Å². The number of nitrogens with zero attached hydrogens (tertiary/aromatic N) is 1. The van der Waals surface area contributed by atoms with Gasteiger partial charge in [0.25, 0.3) is 5.91 Å². The molecule has 0 bridgehead atoms. The molecule has 2 nitrogen and oxygen atoms in total. The maximum atomic E-state index is 13.2. The molecule has 0 fully saturated rings. The van der Waals surface area contributed by atoms with Gasteiger partial charge in [-0.05, 0) is 42.3 Å². The van der Waals surface area contributed by atoms with Crippen LogP contribution in [0.5, 0.6) is 0 Å². The molecule has 0 N–H and O–H groups in total. The van der Waals surface area contributed by atoms with Gasteiger partial charge in [-0.2, -0.15) is 0 Å². The summed E-state index contributed by atoms with van der Waals surface area (Å²) < 4.78 is 13.2. The van der Waals surface area contributed by atoms with Gasteiger partial charge in [-0.1, -0.05) is 24.3 Å². The summed E-state index contributed by atoms with van der Waals surface area (Å²) in [6.45, 7) is 2.86. The third-order valence-corrected chi connectivity index (χ3v) is 3.60. The van der Waals surface area contributed by atoms with E-state index >= 15 is 0 Å². The quantitative estimate of drug-likeness (QED) is 0.757. The number of carbonyl (C=O) groups excluding carboxylic acids is 1. The maximum Gasteiger partial charge on any atom is 0.254 e. The summed E-state index contributed by atoms with van der Waals surface area (Å²) in [4.78, 5) is 14.1. The van der Waals surface area contributed by atoms with Crippen molar-refractivity contribution in [1.29, 1.82) is 0 Å². The molecule has 0 aliphatic rings. The zero-order valence-corrected chi connectivity index (χ0v) is 12.6. The summed E-state index contributed by atoms with van der Waals surface area (Å²) >= 11 is 5.74. The molecule has 2 aromatic rings. The zero-order valence-electron chi connectivity index (χ0n) is 11.9. The van der Waals surface area contributed by atoms with Crippen molar-refractivity contribution in [3.05, 3.63) is 71.0 Å². The summed E-state index contributed by atoms with van der Waals surface area (Å²) in [6, 6.07) is 13.5. The van der Waals surface area contributed by atoms with Gasteiger partial charge in [-0.25, -0.2) is 4.39 Å². The SMILES string of the molecule is CCN(Cc1cccc(F)c1)C(=O)c1ccc(CCl)cc1. The lowest BCUT2D eigenvalue weighted by molar-refractivity contribution is 0.0752. The van der Waals surface area contributed by atoms with Crippen molar-refractivity contribution in [2.45, 2.75) is 19.3 Å². The lowest BCUT2D eigenvalue weighted by Gasteiger charge is -2.21. The van der Waals surface area contributed by atoms with Gasteiger partial charge < -0.3 is 4.90 Å². The Hall–Kier alpha value is -1.87. The molecule has 2 aromatic carbocycles. The molecule has 0 saturated carbocycles. The van der Waals surface area contributed by atoms with Crippen LogP contribution in [0.1, 0.15) is 28.4 Å². The Morgan fingerprint density at radius 2 is 1.86 bits per heavy atom. The minimum Gasteiger partial charge on any atom is -0.335 e. The van der Waals surface area contributed by atoms with Crippen molar-refractivity contribution < 1.29 is 9.18 Å². The van der Waals surface area contributed by atoms with Crippen LogP contribution >= 0.6 is 11.6 Å². The molecule has 0 aliphatic heterocycles. The number of rotatable bonds is 5. The number of alkyl halides is 1. The van der Waals surface area contributed by atoms with Crippen molar-refractivity contribution >= 4 is 17.5 Å². The van der Waals surface area contributed by atoms with Crippen LogP contribution in [-0.2, 0) is 12.4 Å². The van der Waals surface area contributed by atoms with E-state index < -0.39 is 0 Å². The Balaban J connectivity index is 2.14. The monoisotopic (exact) mass is 305 g/mol. The summed E-state index contributed by atoms with van der Waals surface area (Å²) in [6.07, 6.45) is 0. The lowest BCUT2D eigenvalue weighted by Crippen LogP contribution is -2.30. The number of halogens is 2. The fourth-order valence-electron chi connectivity index (χ4n) is 2.10. The molecule has 0 aromatic heterocycles. The Morgan fingerprint density at radius 3 is 2.43 bits per heavy atom. The van der Waals surface area contributed by atoms with Gasteiger partial charge in [0.1, 0.15) is 5.82 Å². The van der Waals surface area contributed by atoms with E-state index in [1.165, 1.54) is 12.1 Å². The molecule has 0 aliphatic carbocycles. The van der Waals surface area contributed by atoms with Crippen LogP contribution in [0.4, 0.5) is 4.39 Å². The molecular weight excluding hydrogens is 289 g/mol. The van der Waals surface area contributed by atoms with E-state index in [4.69, 9.17) is 11.6 Å². The van der Waals surface area contributed by atoms with E-state index in [1.807, 2.05) is 25.1 Å².